The van der Waals surface area contributed by atoms with Gasteiger partial charge in [0.25, 0.3) is 0 Å². The maximum absolute atomic E-state index is 13.3. The highest BCUT2D eigenvalue weighted by molar-refractivity contribution is 5.90. The first kappa shape index (κ1) is 25.8. The quantitative estimate of drug-likeness (QED) is 0.195. The smallest absolute Gasteiger partial charge is 0.338 e. The molecule has 1 heterocycles. The second kappa shape index (κ2) is 10.4. The van der Waals surface area contributed by atoms with Crippen LogP contribution in [0.1, 0.15) is 44.2 Å². The Hall–Kier alpha value is -4.90. The highest BCUT2D eigenvalue weighted by Gasteiger charge is 2.63. The number of furan rings is 1. The van der Waals surface area contributed by atoms with Gasteiger partial charge in [-0.1, -0.05) is 84.9 Å². The third kappa shape index (κ3) is 4.38. The lowest BCUT2D eigenvalue weighted by atomic mass is 9.76. The summed E-state index contributed by atoms with van der Waals surface area (Å²) in [5.41, 5.74) is 5.72. The molecule has 5 nitrogen and oxygen atoms in total. The van der Waals surface area contributed by atoms with Gasteiger partial charge in [-0.05, 0) is 72.2 Å². The van der Waals surface area contributed by atoms with Crippen LogP contribution in [-0.4, -0.2) is 24.1 Å². The standard InChI is InChI=1S/C38H30O5/c39-37(24-13-6-2-7-14-24)42-35-30-22-31(36(35)43-38(40)25-15-8-3-9-16-25)34-27-18-10-17-26(28(27)21-29(30)34)33-20-19-32(41-33)23-11-4-1-5-12-23/h1-20,29-31,34-36H,21-22H2. The van der Waals surface area contributed by atoms with Gasteiger partial charge in [0.05, 0.1) is 11.1 Å². The zero-order chi connectivity index (χ0) is 28.9. The van der Waals surface area contributed by atoms with Crippen LogP contribution in [0.15, 0.2) is 126 Å². The number of hydrogen-bond donors (Lipinski definition) is 0. The largest absolute Gasteiger partial charge is 0.456 e. The average Bonchev–Trinajstić information content (AvgIpc) is 3.84. The van der Waals surface area contributed by atoms with Crippen LogP contribution in [0.25, 0.3) is 22.6 Å². The molecule has 6 atom stereocenters. The van der Waals surface area contributed by atoms with Crippen molar-refractivity contribution in [3.05, 3.63) is 144 Å². The minimum Gasteiger partial charge on any atom is -0.456 e. The van der Waals surface area contributed by atoms with E-state index in [-0.39, 0.29) is 29.7 Å². The first-order chi connectivity index (χ1) is 21.2. The summed E-state index contributed by atoms with van der Waals surface area (Å²) in [7, 11) is 0. The normalized spacial score (nSPS) is 24.7. The van der Waals surface area contributed by atoms with E-state index >= 15 is 0 Å². The van der Waals surface area contributed by atoms with Gasteiger partial charge >= 0.3 is 11.9 Å². The van der Waals surface area contributed by atoms with Crippen molar-refractivity contribution in [1.29, 1.82) is 0 Å². The molecule has 5 heteroatoms. The number of ether oxygens (including phenoxy) is 2. The van der Waals surface area contributed by atoms with E-state index in [1.165, 1.54) is 11.1 Å². The van der Waals surface area contributed by atoms with Crippen molar-refractivity contribution in [2.45, 2.75) is 31.0 Å². The third-order valence-corrected chi connectivity index (χ3v) is 9.63. The topological polar surface area (TPSA) is 65.7 Å². The van der Waals surface area contributed by atoms with Gasteiger partial charge in [-0.3, -0.25) is 0 Å². The fourth-order valence-corrected chi connectivity index (χ4v) is 7.85. The highest BCUT2D eigenvalue weighted by atomic mass is 16.6. The van der Waals surface area contributed by atoms with E-state index in [1.54, 1.807) is 24.3 Å². The van der Waals surface area contributed by atoms with Crippen LogP contribution in [0.4, 0.5) is 0 Å². The second-order valence-corrected chi connectivity index (χ2v) is 11.8. The Morgan fingerprint density at radius 1 is 0.581 bits per heavy atom. The van der Waals surface area contributed by atoms with Crippen LogP contribution in [0.5, 0.6) is 0 Å². The minimum absolute atomic E-state index is 0.0595. The zero-order valence-corrected chi connectivity index (χ0v) is 23.5. The number of benzene rings is 4. The summed E-state index contributed by atoms with van der Waals surface area (Å²) in [6.07, 6.45) is 0.710. The van der Waals surface area contributed by atoms with Gasteiger partial charge in [0, 0.05) is 23.0 Å². The van der Waals surface area contributed by atoms with Crippen molar-refractivity contribution < 1.29 is 23.5 Å². The summed E-state index contributed by atoms with van der Waals surface area (Å²) in [6.45, 7) is 0. The van der Waals surface area contributed by atoms with Gasteiger partial charge in [-0.2, -0.15) is 0 Å². The number of fused-ring (bicyclic) bond motifs is 7. The molecule has 0 spiro atoms. The molecule has 8 rings (SSSR count). The molecule has 6 unspecified atom stereocenters. The number of rotatable bonds is 6. The molecular weight excluding hydrogens is 536 g/mol. The third-order valence-electron chi connectivity index (χ3n) is 9.63. The van der Waals surface area contributed by atoms with Crippen molar-refractivity contribution in [3.8, 4) is 22.6 Å². The number of carbonyl (C=O) groups excluding carboxylic acids is 2. The van der Waals surface area contributed by atoms with Gasteiger partial charge < -0.3 is 13.9 Å². The van der Waals surface area contributed by atoms with E-state index in [9.17, 15) is 9.59 Å². The average molecular weight is 567 g/mol. The van der Waals surface area contributed by atoms with Crippen LogP contribution < -0.4 is 0 Å². The highest BCUT2D eigenvalue weighted by Crippen LogP contribution is 2.63. The molecule has 43 heavy (non-hydrogen) atoms. The van der Waals surface area contributed by atoms with Crippen molar-refractivity contribution in [1.82, 2.24) is 0 Å². The van der Waals surface area contributed by atoms with E-state index in [4.69, 9.17) is 13.9 Å². The van der Waals surface area contributed by atoms with E-state index in [0.29, 0.717) is 17.0 Å². The van der Waals surface area contributed by atoms with E-state index in [0.717, 1.165) is 35.5 Å². The summed E-state index contributed by atoms with van der Waals surface area (Å²) in [5.74, 6) is 1.60. The maximum Gasteiger partial charge on any atom is 0.338 e. The molecular formula is C38H30O5. The lowest BCUT2D eigenvalue weighted by Crippen LogP contribution is -2.45. The monoisotopic (exact) mass is 566 g/mol. The number of carbonyl (C=O) groups is 2. The molecule has 2 fully saturated rings. The minimum atomic E-state index is -0.519. The van der Waals surface area contributed by atoms with Crippen LogP contribution >= 0.6 is 0 Å². The Morgan fingerprint density at radius 2 is 1.16 bits per heavy atom. The Bertz CT molecular complexity index is 1790. The molecule has 3 aliphatic rings. The van der Waals surface area contributed by atoms with Crippen molar-refractivity contribution in [3.63, 3.8) is 0 Å². The Balaban J connectivity index is 1.13. The molecule has 2 bridgehead atoms. The van der Waals surface area contributed by atoms with Gasteiger partial charge in [-0.15, -0.1) is 0 Å². The Labute approximate surface area is 250 Å². The predicted octanol–water partition coefficient (Wildman–Crippen LogP) is 7.97. The zero-order valence-electron chi connectivity index (χ0n) is 23.5. The maximum atomic E-state index is 13.3. The summed E-state index contributed by atoms with van der Waals surface area (Å²) in [4.78, 5) is 26.6. The molecule has 4 aromatic carbocycles. The van der Waals surface area contributed by atoms with Gasteiger partial charge in [0.1, 0.15) is 23.7 Å². The van der Waals surface area contributed by atoms with Crippen LogP contribution in [-0.2, 0) is 15.9 Å². The van der Waals surface area contributed by atoms with Crippen LogP contribution in [0, 0.1) is 17.8 Å². The van der Waals surface area contributed by atoms with Gasteiger partial charge in [0.2, 0.25) is 0 Å². The molecule has 1 aromatic heterocycles. The first-order valence-corrected chi connectivity index (χ1v) is 14.9. The van der Waals surface area contributed by atoms with Crippen molar-refractivity contribution >= 4 is 11.9 Å². The lowest BCUT2D eigenvalue weighted by molar-refractivity contribution is -0.0698. The van der Waals surface area contributed by atoms with Crippen LogP contribution in [0.2, 0.25) is 0 Å². The molecule has 0 radical (unpaired) electrons. The fourth-order valence-electron chi connectivity index (χ4n) is 7.85. The number of esters is 2. The lowest BCUT2D eigenvalue weighted by Gasteiger charge is -2.37. The molecule has 0 amide bonds. The van der Waals surface area contributed by atoms with E-state index < -0.39 is 12.2 Å². The van der Waals surface area contributed by atoms with Crippen molar-refractivity contribution in [2.75, 3.05) is 0 Å². The first-order valence-electron chi connectivity index (χ1n) is 14.9. The fraction of sp³-hybridized carbons (Fsp3) is 0.211. The van der Waals surface area contributed by atoms with E-state index in [1.807, 2.05) is 72.8 Å². The molecule has 3 aliphatic carbocycles. The summed E-state index contributed by atoms with van der Waals surface area (Å²) in [5, 5.41) is 0. The molecule has 2 saturated carbocycles. The number of hydrogen-bond acceptors (Lipinski definition) is 5. The van der Waals surface area contributed by atoms with Gasteiger partial charge in [0.15, 0.2) is 0 Å². The summed E-state index contributed by atoms with van der Waals surface area (Å²) in [6, 6.07) is 38.7. The molecule has 212 valence electrons. The molecule has 0 saturated heterocycles. The Morgan fingerprint density at radius 3 is 1.81 bits per heavy atom. The molecule has 5 aromatic rings. The summed E-state index contributed by atoms with van der Waals surface area (Å²) < 4.78 is 18.8. The van der Waals surface area contributed by atoms with Gasteiger partial charge in [-0.25, -0.2) is 9.59 Å². The molecule has 0 N–H and O–H groups in total. The second-order valence-electron chi connectivity index (χ2n) is 11.8. The molecule has 0 aliphatic heterocycles. The Kier molecular flexibility index (Phi) is 6.25. The predicted molar refractivity (Wildman–Crippen MR) is 162 cm³/mol. The SMILES string of the molecule is O=C(OC1C2CC(C1OC(=O)c1ccccc1)C1c3cccc(-c4ccc(-c5ccccc5)o4)c3CC21)c1ccccc1. The van der Waals surface area contributed by atoms with E-state index in [2.05, 4.69) is 24.3 Å². The summed E-state index contributed by atoms with van der Waals surface area (Å²) >= 11 is 0. The van der Waals surface area contributed by atoms with Crippen molar-refractivity contribution in [2.24, 2.45) is 17.8 Å². The van der Waals surface area contributed by atoms with Crippen LogP contribution in [0.3, 0.4) is 0 Å².